The predicted molar refractivity (Wildman–Crippen MR) is 83.5 cm³/mol. The van der Waals surface area contributed by atoms with Crippen LogP contribution in [-0.2, 0) is 25.7 Å². The lowest BCUT2D eigenvalue weighted by atomic mass is 10.00. The van der Waals surface area contributed by atoms with Crippen molar-refractivity contribution in [2.75, 3.05) is 5.73 Å². The molecule has 0 unspecified atom stereocenters. The van der Waals surface area contributed by atoms with Crippen molar-refractivity contribution in [1.82, 2.24) is 0 Å². The summed E-state index contributed by atoms with van der Waals surface area (Å²) in [5.41, 5.74) is 12.4. The first-order valence-corrected chi connectivity index (χ1v) is 7.18. The normalized spacial score (nSPS) is 10.6. The molecule has 0 heterocycles. The van der Waals surface area contributed by atoms with E-state index in [2.05, 4.69) is 56.3 Å². The summed E-state index contributed by atoms with van der Waals surface area (Å²) in [5, 5.41) is 0. The quantitative estimate of drug-likeness (QED) is 0.795. The summed E-state index contributed by atoms with van der Waals surface area (Å²) in [6, 6.07) is 15.4. The van der Waals surface area contributed by atoms with Crippen molar-refractivity contribution in [3.8, 4) is 0 Å². The van der Waals surface area contributed by atoms with Crippen LogP contribution in [0.4, 0.5) is 5.69 Å². The average Bonchev–Trinajstić information content (AvgIpc) is 2.46. The fourth-order valence-electron chi connectivity index (χ4n) is 2.31. The second-order valence-electron chi connectivity index (χ2n) is 5.06. The molecule has 0 atom stereocenters. The minimum atomic E-state index is 0.935. The molecule has 0 saturated heterocycles. The molecule has 0 aromatic heterocycles. The molecular weight excluding hydrogens is 230 g/mol. The number of hydrogen-bond donors (Lipinski definition) is 1. The van der Waals surface area contributed by atoms with Crippen LogP contribution in [0.1, 0.15) is 36.1 Å². The molecule has 1 heteroatoms. The molecule has 2 rings (SSSR count). The molecule has 0 spiro atoms. The highest BCUT2D eigenvalue weighted by atomic mass is 14.6. The van der Waals surface area contributed by atoms with Gasteiger partial charge in [-0.3, -0.25) is 0 Å². The third-order valence-corrected chi connectivity index (χ3v) is 3.73. The van der Waals surface area contributed by atoms with Crippen LogP contribution in [0.3, 0.4) is 0 Å². The van der Waals surface area contributed by atoms with Crippen LogP contribution in [0.2, 0.25) is 0 Å². The van der Waals surface area contributed by atoms with Gasteiger partial charge < -0.3 is 5.73 Å². The third kappa shape index (κ3) is 3.60. The Bertz CT molecular complexity index is 526. The van der Waals surface area contributed by atoms with E-state index >= 15 is 0 Å². The molecule has 0 aliphatic heterocycles. The van der Waals surface area contributed by atoms with Crippen LogP contribution in [0.5, 0.6) is 0 Å². The van der Waals surface area contributed by atoms with E-state index in [-0.39, 0.29) is 0 Å². The number of nitrogens with two attached hydrogens (primary N) is 1. The van der Waals surface area contributed by atoms with Gasteiger partial charge in [0, 0.05) is 5.69 Å². The molecular formula is C18H23N. The van der Waals surface area contributed by atoms with Crippen molar-refractivity contribution >= 4 is 5.69 Å². The van der Waals surface area contributed by atoms with E-state index in [9.17, 15) is 0 Å². The topological polar surface area (TPSA) is 26.0 Å². The summed E-state index contributed by atoms with van der Waals surface area (Å²) in [4.78, 5) is 0. The van der Waals surface area contributed by atoms with Gasteiger partial charge in [-0.25, -0.2) is 0 Å². The van der Waals surface area contributed by atoms with Crippen molar-refractivity contribution in [2.24, 2.45) is 0 Å². The highest BCUT2D eigenvalue weighted by Gasteiger charge is 2.01. The second kappa shape index (κ2) is 6.42. The highest BCUT2D eigenvalue weighted by Crippen LogP contribution is 2.17. The lowest BCUT2D eigenvalue weighted by molar-refractivity contribution is 0.957. The molecule has 0 bridgehead atoms. The Morgan fingerprint density at radius 1 is 0.737 bits per heavy atom. The molecule has 0 radical (unpaired) electrons. The van der Waals surface area contributed by atoms with Gasteiger partial charge in [0.05, 0.1) is 0 Å². The van der Waals surface area contributed by atoms with Crippen LogP contribution in [0.15, 0.2) is 42.5 Å². The summed E-state index contributed by atoms with van der Waals surface area (Å²) in [6.45, 7) is 4.34. The van der Waals surface area contributed by atoms with E-state index in [4.69, 9.17) is 5.73 Å². The highest BCUT2D eigenvalue weighted by molar-refractivity contribution is 5.49. The Hall–Kier alpha value is -1.76. The average molecular weight is 253 g/mol. The van der Waals surface area contributed by atoms with E-state index < -0.39 is 0 Å². The first kappa shape index (κ1) is 13.7. The summed E-state index contributed by atoms with van der Waals surface area (Å²) < 4.78 is 0. The predicted octanol–water partition coefficient (Wildman–Crippen LogP) is 4.18. The van der Waals surface area contributed by atoms with Crippen LogP contribution in [-0.4, -0.2) is 0 Å². The van der Waals surface area contributed by atoms with Crippen molar-refractivity contribution in [1.29, 1.82) is 0 Å². The Balaban J connectivity index is 2.01. The first-order valence-electron chi connectivity index (χ1n) is 7.18. The lowest BCUT2D eigenvalue weighted by Crippen LogP contribution is -1.98. The maximum atomic E-state index is 6.11. The number of aryl methyl sites for hydroxylation is 4. The molecule has 0 aliphatic rings. The lowest BCUT2D eigenvalue weighted by Gasteiger charge is -2.08. The number of hydrogen-bond acceptors (Lipinski definition) is 1. The van der Waals surface area contributed by atoms with Crippen molar-refractivity contribution in [3.63, 3.8) is 0 Å². The fourth-order valence-corrected chi connectivity index (χ4v) is 2.31. The molecule has 2 N–H and O–H groups in total. The third-order valence-electron chi connectivity index (χ3n) is 3.73. The zero-order valence-corrected chi connectivity index (χ0v) is 11.9. The van der Waals surface area contributed by atoms with Gasteiger partial charge in [-0.1, -0.05) is 50.2 Å². The van der Waals surface area contributed by atoms with Crippen molar-refractivity contribution in [2.45, 2.75) is 39.5 Å². The maximum Gasteiger partial charge on any atom is 0.0349 e. The molecule has 1 nitrogen and oxygen atoms in total. The van der Waals surface area contributed by atoms with E-state index in [0.29, 0.717) is 0 Å². The van der Waals surface area contributed by atoms with Crippen LogP contribution < -0.4 is 5.73 Å². The van der Waals surface area contributed by atoms with Gasteiger partial charge in [0.2, 0.25) is 0 Å². The van der Waals surface area contributed by atoms with E-state index in [1.54, 1.807) is 0 Å². The van der Waals surface area contributed by atoms with Gasteiger partial charge in [0.15, 0.2) is 0 Å². The first-order chi connectivity index (χ1) is 9.22. The van der Waals surface area contributed by atoms with Gasteiger partial charge in [-0.15, -0.1) is 0 Å². The van der Waals surface area contributed by atoms with Gasteiger partial charge in [-0.2, -0.15) is 0 Å². The summed E-state index contributed by atoms with van der Waals surface area (Å²) in [5.74, 6) is 0. The molecule has 2 aromatic carbocycles. The molecule has 0 fully saturated rings. The Morgan fingerprint density at radius 2 is 1.32 bits per heavy atom. The monoisotopic (exact) mass is 253 g/mol. The van der Waals surface area contributed by atoms with E-state index in [0.717, 1.165) is 31.4 Å². The van der Waals surface area contributed by atoms with Crippen LogP contribution in [0.25, 0.3) is 0 Å². The smallest absolute Gasteiger partial charge is 0.0349 e. The molecule has 19 heavy (non-hydrogen) atoms. The van der Waals surface area contributed by atoms with Gasteiger partial charge in [0.1, 0.15) is 0 Å². The van der Waals surface area contributed by atoms with E-state index in [1.807, 2.05) is 0 Å². The minimum absolute atomic E-state index is 0.935. The zero-order chi connectivity index (χ0) is 13.7. The maximum absolute atomic E-state index is 6.11. The summed E-state index contributed by atoms with van der Waals surface area (Å²) in [7, 11) is 0. The zero-order valence-electron chi connectivity index (χ0n) is 11.9. The summed E-state index contributed by atoms with van der Waals surface area (Å²) in [6.07, 6.45) is 4.22. The molecule has 100 valence electrons. The van der Waals surface area contributed by atoms with Crippen LogP contribution >= 0.6 is 0 Å². The number of nitrogen functional groups attached to an aromatic ring is 1. The largest absolute Gasteiger partial charge is 0.398 e. The number of rotatable bonds is 5. The Morgan fingerprint density at radius 3 is 1.89 bits per heavy atom. The van der Waals surface area contributed by atoms with Gasteiger partial charge in [-0.05, 0) is 54.0 Å². The Labute approximate surface area is 116 Å². The molecule has 0 amide bonds. The standard InChI is InChI=1S/C18H23N/c1-3-14-5-7-16(8-6-14)10-12-17-11-9-15(4-2)13-18(17)19/h5-9,11,13H,3-4,10,12,19H2,1-2H3. The number of anilines is 1. The minimum Gasteiger partial charge on any atom is -0.398 e. The number of benzene rings is 2. The SMILES string of the molecule is CCc1ccc(CCc2ccc(CC)cc2N)cc1. The second-order valence-corrected chi connectivity index (χ2v) is 5.06. The van der Waals surface area contributed by atoms with Gasteiger partial charge in [0.25, 0.3) is 0 Å². The summed E-state index contributed by atoms with van der Waals surface area (Å²) >= 11 is 0. The molecule has 0 saturated carbocycles. The van der Waals surface area contributed by atoms with Crippen molar-refractivity contribution in [3.05, 3.63) is 64.7 Å². The van der Waals surface area contributed by atoms with E-state index in [1.165, 1.54) is 22.3 Å². The molecule has 2 aromatic rings. The van der Waals surface area contributed by atoms with Crippen molar-refractivity contribution < 1.29 is 0 Å². The fraction of sp³-hybridized carbons (Fsp3) is 0.333. The van der Waals surface area contributed by atoms with Gasteiger partial charge >= 0.3 is 0 Å². The molecule has 0 aliphatic carbocycles. The Kier molecular flexibility index (Phi) is 4.62. The van der Waals surface area contributed by atoms with Crippen LogP contribution in [0, 0.1) is 0 Å².